The first-order valence-corrected chi connectivity index (χ1v) is 6.21. The number of aliphatic hydroxyl groups is 1. The van der Waals surface area contributed by atoms with Crippen LogP contribution in [-0.2, 0) is 19.9 Å². The van der Waals surface area contributed by atoms with Crippen LogP contribution in [0.5, 0.6) is 0 Å². The van der Waals surface area contributed by atoms with Crippen LogP contribution >= 0.6 is 0 Å². The Morgan fingerprint density at radius 2 is 2.00 bits per heavy atom. The van der Waals surface area contributed by atoms with Crippen LogP contribution in [0.3, 0.4) is 0 Å². The molecule has 1 atom stereocenters. The molecule has 4 heteroatoms. The molecule has 0 aliphatic heterocycles. The van der Waals surface area contributed by atoms with Crippen molar-refractivity contribution >= 4 is 0 Å². The number of aliphatic hydroxyl groups excluding tert-OH is 1. The van der Waals surface area contributed by atoms with Gasteiger partial charge in [-0.15, -0.1) is 0 Å². The maximum absolute atomic E-state index is 9.98. The van der Waals surface area contributed by atoms with Crippen LogP contribution in [-0.4, -0.2) is 26.0 Å². The summed E-state index contributed by atoms with van der Waals surface area (Å²) in [4.78, 5) is 4.11. The van der Waals surface area contributed by atoms with Gasteiger partial charge in [0.2, 0.25) is 0 Å². The molecule has 0 bridgehead atoms. The first-order valence-electron chi connectivity index (χ1n) is 6.21. The lowest BCUT2D eigenvalue weighted by Gasteiger charge is -2.10. The molecule has 1 aromatic carbocycles. The molecular weight excluding hydrogens is 226 g/mol. The minimum absolute atomic E-state index is 0.366. The molecule has 18 heavy (non-hydrogen) atoms. The highest BCUT2D eigenvalue weighted by atomic mass is 16.3. The van der Waals surface area contributed by atoms with E-state index in [1.807, 2.05) is 7.05 Å². The summed E-state index contributed by atoms with van der Waals surface area (Å²) in [7, 11) is 1.84. The lowest BCUT2D eigenvalue weighted by atomic mass is 10.0. The Morgan fingerprint density at radius 3 is 2.61 bits per heavy atom. The van der Waals surface area contributed by atoms with Gasteiger partial charge in [0, 0.05) is 13.5 Å². The van der Waals surface area contributed by atoms with Crippen LogP contribution in [0.15, 0.2) is 30.6 Å². The minimum Gasteiger partial charge on any atom is -0.393 e. The normalized spacial score (nSPS) is 12.6. The maximum Gasteiger partial charge on any atom is 0.138 e. The van der Waals surface area contributed by atoms with Crippen molar-refractivity contribution in [3.05, 3.63) is 47.5 Å². The van der Waals surface area contributed by atoms with E-state index in [2.05, 4.69) is 41.3 Å². The Labute approximate surface area is 107 Å². The summed E-state index contributed by atoms with van der Waals surface area (Å²) in [5.74, 6) is 0.825. The summed E-state index contributed by atoms with van der Waals surface area (Å²) in [5, 5.41) is 14.0. The Bertz CT molecular complexity index is 490. The third-order valence-electron chi connectivity index (χ3n) is 3.11. The Kier molecular flexibility index (Phi) is 4.10. The molecule has 2 aromatic rings. The topological polar surface area (TPSA) is 50.9 Å². The van der Waals surface area contributed by atoms with Gasteiger partial charge >= 0.3 is 0 Å². The molecule has 0 aliphatic carbocycles. The highest BCUT2D eigenvalue weighted by molar-refractivity contribution is 5.21. The van der Waals surface area contributed by atoms with E-state index in [-0.39, 0.29) is 6.10 Å². The Morgan fingerprint density at radius 1 is 1.28 bits per heavy atom. The van der Waals surface area contributed by atoms with Gasteiger partial charge in [-0.3, -0.25) is 4.68 Å². The second kappa shape index (κ2) is 5.78. The molecule has 0 saturated carbocycles. The molecule has 1 heterocycles. The van der Waals surface area contributed by atoms with E-state index < -0.39 is 0 Å². The summed E-state index contributed by atoms with van der Waals surface area (Å²) in [5.41, 5.74) is 2.52. The number of hydrogen-bond acceptors (Lipinski definition) is 3. The highest BCUT2D eigenvalue weighted by Crippen LogP contribution is 2.09. The van der Waals surface area contributed by atoms with Crippen molar-refractivity contribution in [1.82, 2.24) is 14.8 Å². The van der Waals surface area contributed by atoms with Crippen LogP contribution in [0.2, 0.25) is 0 Å². The fraction of sp³-hybridized carbons (Fsp3) is 0.429. The van der Waals surface area contributed by atoms with E-state index in [1.165, 1.54) is 17.5 Å². The average Bonchev–Trinajstić information content (AvgIpc) is 2.74. The number of benzene rings is 1. The molecule has 0 spiro atoms. The second-order valence-electron chi connectivity index (χ2n) is 4.68. The number of aryl methyl sites for hydroxylation is 3. The molecule has 1 aromatic heterocycles. The van der Waals surface area contributed by atoms with Crippen molar-refractivity contribution in [2.45, 2.75) is 32.3 Å². The molecule has 2 rings (SSSR count). The quantitative estimate of drug-likeness (QED) is 0.871. The zero-order chi connectivity index (χ0) is 13.0. The fourth-order valence-electron chi connectivity index (χ4n) is 1.91. The van der Waals surface area contributed by atoms with Crippen molar-refractivity contribution in [3.8, 4) is 0 Å². The van der Waals surface area contributed by atoms with Crippen molar-refractivity contribution in [3.63, 3.8) is 0 Å². The summed E-state index contributed by atoms with van der Waals surface area (Å²) in [6, 6.07) is 8.43. The SMILES string of the molecule is Cc1ccc(CCC(O)Cc2ncnn2C)cc1. The molecule has 0 saturated heterocycles. The number of rotatable bonds is 5. The zero-order valence-electron chi connectivity index (χ0n) is 10.9. The van der Waals surface area contributed by atoms with E-state index in [1.54, 1.807) is 4.68 Å². The number of hydrogen-bond donors (Lipinski definition) is 1. The predicted molar refractivity (Wildman–Crippen MR) is 70.2 cm³/mol. The summed E-state index contributed by atoms with van der Waals surface area (Å²) in [6.45, 7) is 2.08. The van der Waals surface area contributed by atoms with Crippen molar-refractivity contribution in [2.24, 2.45) is 7.05 Å². The van der Waals surface area contributed by atoms with Gasteiger partial charge in [0.15, 0.2) is 0 Å². The average molecular weight is 245 g/mol. The molecule has 0 aliphatic rings. The van der Waals surface area contributed by atoms with Gasteiger partial charge < -0.3 is 5.11 Å². The molecule has 0 fully saturated rings. The summed E-state index contributed by atoms with van der Waals surface area (Å²) < 4.78 is 1.70. The zero-order valence-corrected chi connectivity index (χ0v) is 10.9. The van der Waals surface area contributed by atoms with Gasteiger partial charge in [-0.25, -0.2) is 4.98 Å². The van der Waals surface area contributed by atoms with Crippen LogP contribution in [0.25, 0.3) is 0 Å². The van der Waals surface area contributed by atoms with Crippen molar-refractivity contribution < 1.29 is 5.11 Å². The van der Waals surface area contributed by atoms with Gasteiger partial charge in [0.25, 0.3) is 0 Å². The molecular formula is C14H19N3O. The van der Waals surface area contributed by atoms with Gasteiger partial charge in [-0.1, -0.05) is 29.8 Å². The Hall–Kier alpha value is -1.68. The highest BCUT2D eigenvalue weighted by Gasteiger charge is 2.09. The number of nitrogens with zero attached hydrogens (tertiary/aromatic N) is 3. The van der Waals surface area contributed by atoms with Gasteiger partial charge in [-0.05, 0) is 25.3 Å². The molecule has 1 N–H and O–H groups in total. The molecule has 4 nitrogen and oxygen atoms in total. The first-order chi connectivity index (χ1) is 8.65. The maximum atomic E-state index is 9.98. The van der Waals surface area contributed by atoms with E-state index in [9.17, 15) is 5.11 Å². The number of aromatic nitrogens is 3. The molecule has 0 amide bonds. The van der Waals surface area contributed by atoms with Crippen molar-refractivity contribution in [1.29, 1.82) is 0 Å². The molecule has 0 radical (unpaired) electrons. The van der Waals surface area contributed by atoms with Gasteiger partial charge in [-0.2, -0.15) is 5.10 Å². The second-order valence-corrected chi connectivity index (χ2v) is 4.68. The monoisotopic (exact) mass is 245 g/mol. The smallest absolute Gasteiger partial charge is 0.138 e. The minimum atomic E-state index is -0.366. The standard InChI is InChI=1S/C14H19N3O/c1-11-3-5-12(6-4-11)7-8-13(18)9-14-15-10-16-17(14)2/h3-6,10,13,18H,7-9H2,1-2H3. The largest absolute Gasteiger partial charge is 0.393 e. The molecule has 96 valence electrons. The lowest BCUT2D eigenvalue weighted by molar-refractivity contribution is 0.161. The predicted octanol–water partition coefficient (Wildman–Crippen LogP) is 1.66. The van der Waals surface area contributed by atoms with Gasteiger partial charge in [0.05, 0.1) is 6.10 Å². The first kappa shape index (κ1) is 12.8. The van der Waals surface area contributed by atoms with Crippen LogP contribution < -0.4 is 0 Å². The molecule has 1 unspecified atom stereocenters. The van der Waals surface area contributed by atoms with Crippen molar-refractivity contribution in [2.75, 3.05) is 0 Å². The fourth-order valence-corrected chi connectivity index (χ4v) is 1.91. The van der Waals surface area contributed by atoms with E-state index >= 15 is 0 Å². The van der Waals surface area contributed by atoms with Crippen LogP contribution in [0.1, 0.15) is 23.4 Å². The van der Waals surface area contributed by atoms with E-state index in [4.69, 9.17) is 0 Å². The van der Waals surface area contributed by atoms with Crippen LogP contribution in [0, 0.1) is 6.92 Å². The van der Waals surface area contributed by atoms with E-state index in [0.717, 1.165) is 18.7 Å². The van der Waals surface area contributed by atoms with E-state index in [0.29, 0.717) is 6.42 Å². The summed E-state index contributed by atoms with van der Waals surface area (Å²) in [6.07, 6.45) is 3.34. The Balaban J connectivity index is 1.83. The lowest BCUT2D eigenvalue weighted by Crippen LogP contribution is -2.15. The van der Waals surface area contributed by atoms with Gasteiger partial charge in [0.1, 0.15) is 12.2 Å². The third-order valence-corrected chi connectivity index (χ3v) is 3.11. The summed E-state index contributed by atoms with van der Waals surface area (Å²) >= 11 is 0. The van der Waals surface area contributed by atoms with Crippen LogP contribution in [0.4, 0.5) is 0 Å². The third kappa shape index (κ3) is 3.40.